The molecule has 2 atom stereocenters. The number of aromatic nitrogens is 4. The predicted molar refractivity (Wildman–Crippen MR) is 84.9 cm³/mol. The molecule has 0 bridgehead atoms. The van der Waals surface area contributed by atoms with Gasteiger partial charge in [-0.2, -0.15) is 0 Å². The molecular formula is C16H20N6. The van der Waals surface area contributed by atoms with E-state index in [0.29, 0.717) is 6.04 Å². The van der Waals surface area contributed by atoms with E-state index in [2.05, 4.69) is 29.7 Å². The normalized spacial score (nSPS) is 24.4. The summed E-state index contributed by atoms with van der Waals surface area (Å²) >= 11 is 0. The number of hydrogen-bond acceptors (Lipinski definition) is 6. The lowest BCUT2D eigenvalue weighted by Gasteiger charge is -2.38. The van der Waals surface area contributed by atoms with Crippen molar-refractivity contribution >= 4 is 11.9 Å². The van der Waals surface area contributed by atoms with E-state index in [-0.39, 0.29) is 0 Å². The molecule has 0 aliphatic carbocycles. The van der Waals surface area contributed by atoms with E-state index < -0.39 is 0 Å². The maximum absolute atomic E-state index is 4.61. The molecule has 2 fully saturated rings. The standard InChI is InChI=1S/C16H20N6/c1-12-3-8-19-16(20-12)22-10-5-13-4-9-21(11-14(13)22)15-17-6-2-7-18-15/h2-3,6-8,13-14H,4-5,9-11H2,1H3. The van der Waals surface area contributed by atoms with E-state index in [0.717, 1.165) is 43.1 Å². The molecule has 2 aromatic rings. The van der Waals surface area contributed by atoms with Crippen molar-refractivity contribution in [1.82, 2.24) is 19.9 Å². The summed E-state index contributed by atoms with van der Waals surface area (Å²) in [7, 11) is 0. The number of fused-ring (bicyclic) bond motifs is 1. The van der Waals surface area contributed by atoms with Crippen LogP contribution in [0, 0.1) is 12.8 Å². The Bertz CT molecular complexity index is 646. The maximum Gasteiger partial charge on any atom is 0.225 e. The Labute approximate surface area is 130 Å². The van der Waals surface area contributed by atoms with Crippen LogP contribution >= 0.6 is 0 Å². The van der Waals surface area contributed by atoms with Gasteiger partial charge >= 0.3 is 0 Å². The molecule has 0 aromatic carbocycles. The second kappa shape index (κ2) is 5.51. The summed E-state index contributed by atoms with van der Waals surface area (Å²) in [4.78, 5) is 22.5. The average molecular weight is 296 g/mol. The lowest BCUT2D eigenvalue weighted by molar-refractivity contribution is 0.386. The minimum absolute atomic E-state index is 0.458. The third-order valence-corrected chi connectivity index (χ3v) is 4.74. The largest absolute Gasteiger partial charge is 0.339 e. The first-order valence-corrected chi connectivity index (χ1v) is 7.89. The second-order valence-electron chi connectivity index (χ2n) is 6.09. The Kier molecular flexibility index (Phi) is 3.36. The van der Waals surface area contributed by atoms with Gasteiger partial charge in [0.25, 0.3) is 0 Å². The number of hydrogen-bond donors (Lipinski definition) is 0. The van der Waals surface area contributed by atoms with Gasteiger partial charge in [-0.3, -0.25) is 0 Å². The molecule has 2 aliphatic heterocycles. The minimum atomic E-state index is 0.458. The van der Waals surface area contributed by atoms with Crippen LogP contribution in [0.15, 0.2) is 30.7 Å². The van der Waals surface area contributed by atoms with Crippen molar-refractivity contribution in [3.8, 4) is 0 Å². The van der Waals surface area contributed by atoms with Gasteiger partial charge in [-0.05, 0) is 37.8 Å². The van der Waals surface area contributed by atoms with Crippen LogP contribution in [0.25, 0.3) is 0 Å². The van der Waals surface area contributed by atoms with Gasteiger partial charge in [0, 0.05) is 43.9 Å². The molecule has 4 rings (SSSR count). The molecular weight excluding hydrogens is 276 g/mol. The van der Waals surface area contributed by atoms with Crippen LogP contribution in [0.5, 0.6) is 0 Å². The summed E-state index contributed by atoms with van der Waals surface area (Å²) in [5.41, 5.74) is 1.02. The van der Waals surface area contributed by atoms with Crippen LogP contribution < -0.4 is 9.80 Å². The van der Waals surface area contributed by atoms with Crippen molar-refractivity contribution in [1.29, 1.82) is 0 Å². The SMILES string of the molecule is Cc1ccnc(N2CCC3CCN(c4ncccn4)CC32)n1. The molecule has 114 valence electrons. The van der Waals surface area contributed by atoms with Crippen LogP contribution in [0.2, 0.25) is 0 Å². The van der Waals surface area contributed by atoms with E-state index in [1.807, 2.05) is 37.6 Å². The van der Waals surface area contributed by atoms with E-state index in [1.165, 1.54) is 12.8 Å². The molecule has 4 heterocycles. The van der Waals surface area contributed by atoms with E-state index >= 15 is 0 Å². The van der Waals surface area contributed by atoms with Gasteiger partial charge in [0.1, 0.15) is 0 Å². The monoisotopic (exact) mass is 296 g/mol. The van der Waals surface area contributed by atoms with Crippen molar-refractivity contribution in [3.63, 3.8) is 0 Å². The number of rotatable bonds is 2. The van der Waals surface area contributed by atoms with E-state index in [4.69, 9.17) is 0 Å². The van der Waals surface area contributed by atoms with E-state index in [9.17, 15) is 0 Å². The maximum atomic E-state index is 4.61. The van der Waals surface area contributed by atoms with Gasteiger partial charge in [0.05, 0.1) is 6.04 Å². The predicted octanol–water partition coefficient (Wildman–Crippen LogP) is 1.68. The molecule has 0 radical (unpaired) electrons. The molecule has 2 aliphatic rings. The third-order valence-electron chi connectivity index (χ3n) is 4.74. The third kappa shape index (κ3) is 2.38. The summed E-state index contributed by atoms with van der Waals surface area (Å²) < 4.78 is 0. The Morgan fingerprint density at radius 2 is 1.77 bits per heavy atom. The second-order valence-corrected chi connectivity index (χ2v) is 6.09. The molecule has 0 spiro atoms. The molecule has 2 unspecified atom stereocenters. The highest BCUT2D eigenvalue weighted by atomic mass is 15.3. The molecule has 2 saturated heterocycles. The highest BCUT2D eigenvalue weighted by molar-refractivity contribution is 5.39. The van der Waals surface area contributed by atoms with Crippen molar-refractivity contribution in [2.24, 2.45) is 5.92 Å². The van der Waals surface area contributed by atoms with Gasteiger partial charge in [-0.15, -0.1) is 0 Å². The average Bonchev–Trinajstić information content (AvgIpc) is 2.99. The Balaban J connectivity index is 1.57. The summed E-state index contributed by atoms with van der Waals surface area (Å²) in [6.07, 6.45) is 7.89. The molecule has 6 nitrogen and oxygen atoms in total. The van der Waals surface area contributed by atoms with Crippen LogP contribution in [0.4, 0.5) is 11.9 Å². The first-order valence-electron chi connectivity index (χ1n) is 7.89. The fourth-order valence-corrected chi connectivity index (χ4v) is 3.60. The number of anilines is 2. The van der Waals surface area contributed by atoms with Gasteiger partial charge in [0.15, 0.2) is 0 Å². The Morgan fingerprint density at radius 3 is 2.59 bits per heavy atom. The smallest absolute Gasteiger partial charge is 0.225 e. The summed E-state index contributed by atoms with van der Waals surface area (Å²) in [5.74, 6) is 2.42. The topological polar surface area (TPSA) is 58.0 Å². The van der Waals surface area contributed by atoms with Crippen LogP contribution in [0.1, 0.15) is 18.5 Å². The summed E-state index contributed by atoms with van der Waals surface area (Å²) in [6.45, 7) is 5.05. The fourth-order valence-electron chi connectivity index (χ4n) is 3.60. The van der Waals surface area contributed by atoms with Gasteiger partial charge in [0.2, 0.25) is 11.9 Å². The molecule has 0 saturated carbocycles. The highest BCUT2D eigenvalue weighted by Crippen LogP contribution is 2.34. The molecule has 6 heteroatoms. The summed E-state index contributed by atoms with van der Waals surface area (Å²) in [6, 6.07) is 4.26. The Hall–Kier alpha value is -2.24. The fraction of sp³-hybridized carbons (Fsp3) is 0.500. The lowest BCUT2D eigenvalue weighted by Crippen LogP contribution is -2.49. The van der Waals surface area contributed by atoms with Crippen LogP contribution in [-0.2, 0) is 0 Å². The highest BCUT2D eigenvalue weighted by Gasteiger charge is 2.40. The van der Waals surface area contributed by atoms with Gasteiger partial charge in [-0.1, -0.05) is 0 Å². The number of nitrogens with zero attached hydrogens (tertiary/aromatic N) is 6. The molecule has 22 heavy (non-hydrogen) atoms. The van der Waals surface area contributed by atoms with Gasteiger partial charge in [-0.25, -0.2) is 19.9 Å². The minimum Gasteiger partial charge on any atom is -0.339 e. The van der Waals surface area contributed by atoms with E-state index in [1.54, 1.807) is 0 Å². The summed E-state index contributed by atoms with van der Waals surface area (Å²) in [5, 5.41) is 0. The Morgan fingerprint density at radius 1 is 1.00 bits per heavy atom. The van der Waals surface area contributed by atoms with Gasteiger partial charge < -0.3 is 9.80 Å². The number of aryl methyl sites for hydroxylation is 1. The van der Waals surface area contributed by atoms with Crippen molar-refractivity contribution in [2.75, 3.05) is 29.4 Å². The lowest BCUT2D eigenvalue weighted by atomic mass is 9.92. The van der Waals surface area contributed by atoms with Crippen molar-refractivity contribution < 1.29 is 0 Å². The molecule has 0 amide bonds. The quantitative estimate of drug-likeness (QED) is 0.840. The first-order chi connectivity index (χ1) is 10.8. The first kappa shape index (κ1) is 13.4. The van der Waals surface area contributed by atoms with Crippen molar-refractivity contribution in [2.45, 2.75) is 25.8 Å². The zero-order valence-electron chi connectivity index (χ0n) is 12.8. The van der Waals surface area contributed by atoms with Crippen LogP contribution in [-0.4, -0.2) is 45.6 Å². The zero-order valence-corrected chi connectivity index (χ0v) is 12.8. The van der Waals surface area contributed by atoms with Crippen molar-refractivity contribution in [3.05, 3.63) is 36.4 Å². The molecule has 0 N–H and O–H groups in total. The molecule has 2 aromatic heterocycles. The number of piperidine rings is 1. The van der Waals surface area contributed by atoms with Crippen LogP contribution in [0.3, 0.4) is 0 Å². The zero-order chi connectivity index (χ0) is 14.9.